The smallest absolute Gasteiger partial charge is 0.261 e. The Balaban J connectivity index is 1.54. The molecule has 0 unspecified atom stereocenters. The number of anilines is 1. The van der Waals surface area contributed by atoms with Gasteiger partial charge in [0.1, 0.15) is 0 Å². The van der Waals surface area contributed by atoms with Crippen molar-refractivity contribution in [1.82, 2.24) is 4.90 Å². The molecule has 0 radical (unpaired) electrons. The van der Waals surface area contributed by atoms with Crippen LogP contribution in [0.1, 0.15) is 67.5 Å². The van der Waals surface area contributed by atoms with Crippen LogP contribution in [0, 0.1) is 6.92 Å². The van der Waals surface area contributed by atoms with Crippen molar-refractivity contribution in [1.29, 1.82) is 0 Å². The highest BCUT2D eigenvalue weighted by molar-refractivity contribution is 6.22. The lowest BCUT2D eigenvalue weighted by Crippen LogP contribution is -2.31. The molecule has 0 bridgehead atoms. The Bertz CT molecular complexity index is 1200. The molecule has 162 valence electrons. The molecule has 1 aliphatic rings. The first-order valence-electron chi connectivity index (χ1n) is 10.8. The van der Waals surface area contributed by atoms with Gasteiger partial charge in [0.15, 0.2) is 0 Å². The van der Waals surface area contributed by atoms with Crippen molar-refractivity contribution in [3.8, 4) is 0 Å². The van der Waals surface area contributed by atoms with E-state index in [1.165, 1.54) is 11.0 Å². The van der Waals surface area contributed by atoms with Crippen LogP contribution in [0.3, 0.4) is 0 Å². The minimum absolute atomic E-state index is 0.252. The average Bonchev–Trinajstić information content (AvgIpc) is 3.03. The van der Waals surface area contributed by atoms with Gasteiger partial charge in [-0.1, -0.05) is 62.4 Å². The molecule has 4 rings (SSSR count). The molecule has 5 heteroatoms. The number of nitrogens with one attached hydrogen (secondary N) is 1. The molecule has 0 saturated heterocycles. The van der Waals surface area contributed by atoms with Crippen molar-refractivity contribution < 1.29 is 14.4 Å². The Kier molecular flexibility index (Phi) is 5.91. The predicted molar refractivity (Wildman–Crippen MR) is 125 cm³/mol. The highest BCUT2D eigenvalue weighted by atomic mass is 16.2. The summed E-state index contributed by atoms with van der Waals surface area (Å²) in [5.74, 6) is -0.710. The highest BCUT2D eigenvalue weighted by Gasteiger charge is 2.35. The molecule has 1 N–H and O–H groups in total. The minimum Gasteiger partial charge on any atom is -0.321 e. The summed E-state index contributed by atoms with van der Waals surface area (Å²) in [5, 5.41) is 3.00. The molecule has 0 atom stereocenters. The Morgan fingerprint density at radius 3 is 2.34 bits per heavy atom. The topological polar surface area (TPSA) is 66.5 Å². The molecule has 3 aromatic rings. The minimum atomic E-state index is -0.352. The largest absolute Gasteiger partial charge is 0.321 e. The summed E-state index contributed by atoms with van der Waals surface area (Å²) in [4.78, 5) is 40.0. The van der Waals surface area contributed by atoms with Gasteiger partial charge in [-0.15, -0.1) is 0 Å². The lowest BCUT2D eigenvalue weighted by atomic mass is 9.97. The SMILES string of the molecule is Cc1cccc(C(C)C)c1NC(=O)c1ccc2c(c1)C(=O)N(CCc1ccccc1)C2=O. The molecule has 32 heavy (non-hydrogen) atoms. The molecular formula is C27H26N2O3. The highest BCUT2D eigenvalue weighted by Crippen LogP contribution is 2.29. The fourth-order valence-electron chi connectivity index (χ4n) is 4.05. The normalized spacial score (nSPS) is 12.9. The first-order chi connectivity index (χ1) is 15.4. The third-order valence-corrected chi connectivity index (χ3v) is 5.87. The van der Waals surface area contributed by atoms with Crippen LogP contribution in [-0.4, -0.2) is 29.2 Å². The third kappa shape index (κ3) is 4.06. The molecule has 3 amide bonds. The molecule has 0 saturated carbocycles. The van der Waals surface area contributed by atoms with Crippen molar-refractivity contribution in [3.05, 3.63) is 100 Å². The van der Waals surface area contributed by atoms with Crippen molar-refractivity contribution in [2.75, 3.05) is 11.9 Å². The summed E-state index contributed by atoms with van der Waals surface area (Å²) in [5.41, 5.74) is 4.86. The second-order valence-corrected chi connectivity index (χ2v) is 8.41. The molecule has 0 aliphatic carbocycles. The maximum atomic E-state index is 13.0. The van der Waals surface area contributed by atoms with Crippen molar-refractivity contribution in [3.63, 3.8) is 0 Å². The first kappa shape index (κ1) is 21.5. The molecule has 0 fully saturated rings. The molecule has 0 spiro atoms. The lowest BCUT2D eigenvalue weighted by molar-refractivity contribution is 0.0656. The molecule has 0 aromatic heterocycles. The quantitative estimate of drug-likeness (QED) is 0.550. The molecule has 1 heterocycles. The number of imide groups is 1. The van der Waals surface area contributed by atoms with Gasteiger partial charge >= 0.3 is 0 Å². The average molecular weight is 427 g/mol. The van der Waals surface area contributed by atoms with Crippen LogP contribution in [0.4, 0.5) is 5.69 Å². The maximum Gasteiger partial charge on any atom is 0.261 e. The van der Waals surface area contributed by atoms with E-state index < -0.39 is 0 Å². The molecule has 1 aliphatic heterocycles. The van der Waals surface area contributed by atoms with Crippen LogP contribution in [0.5, 0.6) is 0 Å². The van der Waals surface area contributed by atoms with Gasteiger partial charge in [-0.3, -0.25) is 19.3 Å². The maximum absolute atomic E-state index is 13.0. The summed E-state index contributed by atoms with van der Waals surface area (Å²) >= 11 is 0. The zero-order valence-electron chi connectivity index (χ0n) is 18.5. The number of hydrogen-bond donors (Lipinski definition) is 1. The van der Waals surface area contributed by atoms with Crippen LogP contribution in [0.15, 0.2) is 66.7 Å². The molecule has 5 nitrogen and oxygen atoms in total. The Morgan fingerprint density at radius 2 is 1.62 bits per heavy atom. The van der Waals surface area contributed by atoms with Gasteiger partial charge in [0.25, 0.3) is 17.7 Å². The van der Waals surface area contributed by atoms with Gasteiger partial charge in [0.2, 0.25) is 0 Å². The zero-order valence-corrected chi connectivity index (χ0v) is 18.5. The number of carbonyl (C=O) groups excluding carboxylic acids is 3. The van der Waals surface area contributed by atoms with E-state index >= 15 is 0 Å². The number of para-hydroxylation sites is 1. The Morgan fingerprint density at radius 1 is 0.906 bits per heavy atom. The summed E-state index contributed by atoms with van der Waals surface area (Å²) < 4.78 is 0. The van der Waals surface area contributed by atoms with E-state index in [4.69, 9.17) is 0 Å². The van der Waals surface area contributed by atoms with Crippen LogP contribution in [0.25, 0.3) is 0 Å². The molecule has 3 aromatic carbocycles. The zero-order chi connectivity index (χ0) is 22.8. The van der Waals surface area contributed by atoms with Gasteiger partial charge in [-0.25, -0.2) is 0 Å². The van der Waals surface area contributed by atoms with Gasteiger partial charge in [-0.2, -0.15) is 0 Å². The van der Waals surface area contributed by atoms with Crippen LogP contribution in [0.2, 0.25) is 0 Å². The van der Waals surface area contributed by atoms with E-state index in [-0.39, 0.29) is 29.2 Å². The number of hydrogen-bond acceptors (Lipinski definition) is 3. The van der Waals surface area contributed by atoms with Crippen LogP contribution < -0.4 is 5.32 Å². The second kappa shape index (κ2) is 8.79. The van der Waals surface area contributed by atoms with Gasteiger partial charge in [0.05, 0.1) is 11.1 Å². The van der Waals surface area contributed by atoms with E-state index in [0.29, 0.717) is 24.1 Å². The van der Waals surface area contributed by atoms with Crippen LogP contribution in [-0.2, 0) is 6.42 Å². The van der Waals surface area contributed by atoms with E-state index in [0.717, 1.165) is 22.4 Å². The first-order valence-corrected chi connectivity index (χ1v) is 10.8. The fraction of sp³-hybridized carbons (Fsp3) is 0.222. The Labute approximate surface area is 188 Å². The molecular weight excluding hydrogens is 400 g/mol. The van der Waals surface area contributed by atoms with E-state index in [1.54, 1.807) is 12.1 Å². The summed E-state index contributed by atoms with van der Waals surface area (Å²) in [6.07, 6.45) is 0.588. The van der Waals surface area contributed by atoms with Crippen molar-refractivity contribution in [2.45, 2.75) is 33.1 Å². The van der Waals surface area contributed by atoms with Crippen molar-refractivity contribution in [2.24, 2.45) is 0 Å². The van der Waals surface area contributed by atoms with E-state index in [9.17, 15) is 14.4 Å². The van der Waals surface area contributed by atoms with Crippen molar-refractivity contribution >= 4 is 23.4 Å². The number of rotatable bonds is 6. The summed E-state index contributed by atoms with van der Waals surface area (Å²) in [6.45, 7) is 6.41. The number of fused-ring (bicyclic) bond motifs is 1. The predicted octanol–water partition coefficient (Wildman–Crippen LogP) is 5.21. The number of amides is 3. The Hall–Kier alpha value is -3.73. The lowest BCUT2D eigenvalue weighted by Gasteiger charge is -2.16. The third-order valence-electron chi connectivity index (χ3n) is 5.87. The van der Waals surface area contributed by atoms with E-state index in [2.05, 4.69) is 19.2 Å². The summed E-state index contributed by atoms with van der Waals surface area (Å²) in [7, 11) is 0. The second-order valence-electron chi connectivity index (χ2n) is 8.41. The summed E-state index contributed by atoms with van der Waals surface area (Å²) in [6, 6.07) is 20.4. The monoisotopic (exact) mass is 426 g/mol. The van der Waals surface area contributed by atoms with E-state index in [1.807, 2.05) is 55.5 Å². The van der Waals surface area contributed by atoms with Crippen LogP contribution >= 0.6 is 0 Å². The van der Waals surface area contributed by atoms with Gasteiger partial charge in [-0.05, 0) is 54.2 Å². The fourth-order valence-corrected chi connectivity index (χ4v) is 4.05. The standard InChI is InChI=1S/C27H26N2O3/c1-17(2)21-11-7-8-18(3)24(21)28-25(30)20-12-13-22-23(16-20)27(32)29(26(22)31)15-14-19-9-5-4-6-10-19/h4-13,16-17H,14-15H2,1-3H3,(H,28,30). The number of carbonyl (C=O) groups is 3. The number of benzene rings is 3. The number of aryl methyl sites for hydroxylation is 1. The van der Waals surface area contributed by atoms with Gasteiger partial charge < -0.3 is 5.32 Å². The van der Waals surface area contributed by atoms with Gasteiger partial charge in [0, 0.05) is 17.8 Å². The number of nitrogens with zero attached hydrogens (tertiary/aromatic N) is 1.